The third kappa shape index (κ3) is 7.16. The predicted molar refractivity (Wildman–Crippen MR) is 168 cm³/mol. The van der Waals surface area contributed by atoms with Crippen LogP contribution in [0.1, 0.15) is 37.5 Å². The maximum absolute atomic E-state index is 13.0. The van der Waals surface area contributed by atoms with Gasteiger partial charge in [0.2, 0.25) is 5.91 Å². The summed E-state index contributed by atoms with van der Waals surface area (Å²) >= 11 is 0. The van der Waals surface area contributed by atoms with Crippen molar-refractivity contribution in [2.45, 2.75) is 32.9 Å². The molecule has 0 bridgehead atoms. The van der Waals surface area contributed by atoms with E-state index in [2.05, 4.69) is 16.4 Å². The normalized spacial score (nSPS) is 13.3. The van der Waals surface area contributed by atoms with Crippen molar-refractivity contribution < 1.29 is 19.0 Å². The monoisotopic (exact) mass is 594 g/mol. The molecule has 0 aliphatic heterocycles. The van der Waals surface area contributed by atoms with Crippen LogP contribution in [0.2, 0.25) is 0 Å². The largest absolute Gasteiger partial charge is 0.497 e. The molecule has 44 heavy (non-hydrogen) atoms. The molecule has 1 aromatic heterocycles. The minimum atomic E-state index is -1.05. The molecule has 3 aromatic carbocycles. The van der Waals surface area contributed by atoms with E-state index in [1.54, 1.807) is 26.5 Å². The Bertz CT molecular complexity index is 1580. The number of amides is 1. The zero-order chi connectivity index (χ0) is 31.7. The SMILES string of the molecule is COc1ccc(C(OC[C@@H](Cn2ccc(NC(C)=O)nc2=O)[C@H](C)C(C)C#N)(c2ccccc2)c2ccc(OC)cc2)cc1. The minimum absolute atomic E-state index is 0.137. The quantitative estimate of drug-likeness (QED) is 0.199. The third-order valence-corrected chi connectivity index (χ3v) is 8.03. The highest BCUT2D eigenvalue weighted by Crippen LogP contribution is 2.42. The van der Waals surface area contributed by atoms with Crippen LogP contribution < -0.4 is 20.5 Å². The number of aromatic nitrogens is 2. The zero-order valence-electron chi connectivity index (χ0n) is 25.7. The van der Waals surface area contributed by atoms with E-state index in [0.717, 1.165) is 28.2 Å². The highest BCUT2D eigenvalue weighted by Gasteiger charge is 2.39. The van der Waals surface area contributed by atoms with E-state index >= 15 is 0 Å². The van der Waals surface area contributed by atoms with Crippen molar-refractivity contribution in [2.24, 2.45) is 17.8 Å². The summed E-state index contributed by atoms with van der Waals surface area (Å²) in [6.45, 7) is 5.69. The summed E-state index contributed by atoms with van der Waals surface area (Å²) in [4.78, 5) is 28.5. The number of nitrogens with zero attached hydrogens (tertiary/aromatic N) is 3. The summed E-state index contributed by atoms with van der Waals surface area (Å²) in [5.41, 5.74) is 1.12. The number of rotatable bonds is 13. The molecule has 228 valence electrons. The van der Waals surface area contributed by atoms with Gasteiger partial charge in [-0.25, -0.2) is 4.79 Å². The number of methoxy groups -OCH3 is 2. The lowest BCUT2D eigenvalue weighted by Gasteiger charge is -2.38. The second kappa shape index (κ2) is 14.5. The molecule has 1 unspecified atom stereocenters. The van der Waals surface area contributed by atoms with Gasteiger partial charge in [-0.05, 0) is 59.9 Å². The summed E-state index contributed by atoms with van der Waals surface area (Å²) in [5.74, 6) is 0.610. The molecule has 9 nitrogen and oxygen atoms in total. The fourth-order valence-electron chi connectivity index (χ4n) is 5.27. The van der Waals surface area contributed by atoms with Gasteiger partial charge in [0.15, 0.2) is 0 Å². The summed E-state index contributed by atoms with van der Waals surface area (Å²) in [6.07, 6.45) is 1.61. The van der Waals surface area contributed by atoms with Crippen LogP contribution in [0.15, 0.2) is 95.9 Å². The van der Waals surface area contributed by atoms with Crippen LogP contribution in [0, 0.1) is 29.1 Å². The highest BCUT2D eigenvalue weighted by atomic mass is 16.5. The van der Waals surface area contributed by atoms with Gasteiger partial charge in [-0.15, -0.1) is 0 Å². The number of hydrogen-bond donors (Lipinski definition) is 1. The van der Waals surface area contributed by atoms with Crippen LogP contribution in [0.3, 0.4) is 0 Å². The number of carbonyl (C=O) groups excluding carboxylic acids is 1. The molecule has 0 radical (unpaired) electrons. The standard InChI is InChI=1S/C35H38N4O5/c1-24(21-36)25(2)27(22-39-20-19-33(37-26(3)40)38-34(39)41)23-44-35(28-9-7-6-8-10-28,29-11-15-31(42-4)16-12-29)30-13-17-32(43-5)18-14-30/h6-20,24-25,27H,22-23H2,1-5H3,(H,37,38,40,41)/t24?,25-,27-/m1/s1. The summed E-state index contributed by atoms with van der Waals surface area (Å²) < 4.78 is 19.5. The number of benzene rings is 3. The average Bonchev–Trinajstić information content (AvgIpc) is 3.05. The molecule has 4 aromatic rings. The topological polar surface area (TPSA) is 115 Å². The molecule has 0 saturated heterocycles. The molecule has 4 rings (SSSR count). The van der Waals surface area contributed by atoms with Crippen molar-refractivity contribution in [3.8, 4) is 17.6 Å². The number of nitriles is 1. The lowest BCUT2D eigenvalue weighted by molar-refractivity contribution is -0.114. The van der Waals surface area contributed by atoms with Gasteiger partial charge in [0.05, 0.1) is 26.9 Å². The molecule has 0 spiro atoms. The molecule has 0 saturated carbocycles. The molecule has 0 aliphatic carbocycles. The molecular formula is C35H38N4O5. The second-order valence-electron chi connectivity index (χ2n) is 10.8. The maximum Gasteiger partial charge on any atom is 0.349 e. The van der Waals surface area contributed by atoms with E-state index in [1.165, 1.54) is 11.5 Å². The Kier molecular flexibility index (Phi) is 10.5. The molecule has 1 heterocycles. The van der Waals surface area contributed by atoms with Gasteiger partial charge in [-0.1, -0.05) is 61.5 Å². The van der Waals surface area contributed by atoms with Crippen molar-refractivity contribution >= 4 is 11.7 Å². The van der Waals surface area contributed by atoms with Crippen LogP contribution in [-0.4, -0.2) is 36.3 Å². The van der Waals surface area contributed by atoms with Crippen molar-refractivity contribution in [3.63, 3.8) is 0 Å². The molecule has 0 fully saturated rings. The first-order valence-electron chi connectivity index (χ1n) is 14.4. The Labute approximate surface area is 258 Å². The van der Waals surface area contributed by atoms with E-state index in [9.17, 15) is 14.9 Å². The van der Waals surface area contributed by atoms with Crippen LogP contribution in [0.25, 0.3) is 0 Å². The first kappa shape index (κ1) is 32.0. The van der Waals surface area contributed by atoms with Crippen molar-refractivity contribution in [1.82, 2.24) is 9.55 Å². The Morgan fingerprint density at radius 3 is 1.93 bits per heavy atom. The summed E-state index contributed by atoms with van der Waals surface area (Å²) in [5, 5.41) is 12.4. The van der Waals surface area contributed by atoms with Crippen LogP contribution >= 0.6 is 0 Å². The van der Waals surface area contributed by atoms with Gasteiger partial charge >= 0.3 is 5.69 Å². The van der Waals surface area contributed by atoms with Gasteiger partial charge < -0.3 is 19.5 Å². The predicted octanol–water partition coefficient (Wildman–Crippen LogP) is 5.64. The summed E-state index contributed by atoms with van der Waals surface area (Å²) in [6, 6.07) is 29.5. The Hall–Kier alpha value is -4.94. The second-order valence-corrected chi connectivity index (χ2v) is 10.8. The first-order valence-corrected chi connectivity index (χ1v) is 14.4. The lowest BCUT2D eigenvalue weighted by Crippen LogP contribution is -2.38. The van der Waals surface area contributed by atoms with E-state index in [0.29, 0.717) is 0 Å². The number of ether oxygens (including phenoxy) is 3. The smallest absolute Gasteiger partial charge is 0.349 e. The van der Waals surface area contributed by atoms with Gasteiger partial charge in [0.25, 0.3) is 0 Å². The van der Waals surface area contributed by atoms with E-state index in [4.69, 9.17) is 14.2 Å². The molecule has 0 aliphatic rings. The van der Waals surface area contributed by atoms with Gasteiger partial charge in [0, 0.05) is 31.5 Å². The number of anilines is 1. The van der Waals surface area contributed by atoms with E-state index in [1.807, 2.05) is 92.7 Å². The van der Waals surface area contributed by atoms with Gasteiger partial charge in [-0.2, -0.15) is 10.2 Å². The van der Waals surface area contributed by atoms with Gasteiger partial charge in [-0.3, -0.25) is 9.36 Å². The number of hydrogen-bond acceptors (Lipinski definition) is 7. The molecule has 1 N–H and O–H groups in total. The molecule has 1 amide bonds. The third-order valence-electron chi connectivity index (χ3n) is 8.03. The lowest BCUT2D eigenvalue weighted by atomic mass is 9.79. The Morgan fingerprint density at radius 2 is 1.45 bits per heavy atom. The first-order chi connectivity index (χ1) is 21.2. The Balaban J connectivity index is 1.82. The fraction of sp³-hybridized carbons (Fsp3) is 0.314. The maximum atomic E-state index is 13.0. The van der Waals surface area contributed by atoms with E-state index < -0.39 is 11.3 Å². The highest BCUT2D eigenvalue weighted by molar-refractivity contribution is 5.87. The molecule has 3 atom stereocenters. The zero-order valence-corrected chi connectivity index (χ0v) is 25.7. The van der Waals surface area contributed by atoms with Gasteiger partial charge in [0.1, 0.15) is 22.9 Å². The fourth-order valence-corrected chi connectivity index (χ4v) is 5.27. The van der Waals surface area contributed by atoms with Crippen LogP contribution in [0.4, 0.5) is 5.82 Å². The minimum Gasteiger partial charge on any atom is -0.497 e. The summed E-state index contributed by atoms with van der Waals surface area (Å²) in [7, 11) is 3.25. The molecular weight excluding hydrogens is 556 g/mol. The molecule has 9 heteroatoms. The number of carbonyl (C=O) groups is 1. The van der Waals surface area contributed by atoms with E-state index in [-0.39, 0.29) is 42.6 Å². The van der Waals surface area contributed by atoms with Crippen LogP contribution in [-0.2, 0) is 21.7 Å². The Morgan fingerprint density at radius 1 is 0.909 bits per heavy atom. The van der Waals surface area contributed by atoms with Crippen LogP contribution in [0.5, 0.6) is 11.5 Å². The van der Waals surface area contributed by atoms with Crippen molar-refractivity contribution in [1.29, 1.82) is 5.26 Å². The number of nitrogens with one attached hydrogen (secondary N) is 1. The average molecular weight is 595 g/mol. The van der Waals surface area contributed by atoms with Crippen molar-refractivity contribution in [2.75, 3.05) is 26.1 Å². The van der Waals surface area contributed by atoms with Crippen molar-refractivity contribution in [3.05, 3.63) is 118 Å².